The van der Waals surface area contributed by atoms with E-state index < -0.39 is 36.9 Å². The molecule has 0 saturated carbocycles. The highest BCUT2D eigenvalue weighted by atomic mass is 31.2. The zero-order valence-corrected chi connectivity index (χ0v) is 26.5. The van der Waals surface area contributed by atoms with E-state index in [1.165, 1.54) is 26.4 Å². The Bertz CT molecular complexity index is 1510. The number of ether oxygens (including phenoxy) is 2. The molecule has 13 nitrogen and oxygen atoms in total. The molecule has 1 aromatic heterocycles. The summed E-state index contributed by atoms with van der Waals surface area (Å²) >= 11 is 0. The van der Waals surface area contributed by atoms with Crippen molar-refractivity contribution in [3.8, 4) is 16.9 Å². The lowest BCUT2D eigenvalue weighted by atomic mass is 10.0. The first-order chi connectivity index (χ1) is 20.9. The van der Waals surface area contributed by atoms with Crippen LogP contribution in [-0.4, -0.2) is 66.9 Å². The van der Waals surface area contributed by atoms with Gasteiger partial charge >= 0.3 is 13.7 Å². The lowest BCUT2D eigenvalue weighted by Gasteiger charge is -2.27. The van der Waals surface area contributed by atoms with Gasteiger partial charge < -0.3 is 23.8 Å². The minimum atomic E-state index is -3.96. The standard InChI is InChI=1S/C30H37N4O9P/c1-30(2,3)42-29(37)31-17-9-12-25-24(18-32-33(25)4)20-13-15-21(16-14-20)41-19-26(44(38,39-5)40-6)43-34-27(35)22-10-7-8-11-23(22)28(34)36/h7-8,10-11,13-16,18,26H,9,12,17,19H2,1-6H3,(H,31,37)/p+1. The van der Waals surface area contributed by atoms with E-state index in [0.717, 1.165) is 16.8 Å². The van der Waals surface area contributed by atoms with Crippen LogP contribution in [-0.2, 0) is 36.7 Å². The minimum Gasteiger partial charge on any atom is -0.490 e. The summed E-state index contributed by atoms with van der Waals surface area (Å²) in [6, 6.07) is 13.5. The number of H-pyrrole nitrogens is 1. The normalized spacial score (nSPS) is 14.0. The lowest BCUT2D eigenvalue weighted by Crippen LogP contribution is -2.37. The van der Waals surface area contributed by atoms with Crippen molar-refractivity contribution in [2.45, 2.75) is 45.1 Å². The van der Waals surface area contributed by atoms with Crippen LogP contribution in [0.1, 0.15) is 53.6 Å². The Labute approximate surface area is 255 Å². The van der Waals surface area contributed by atoms with Gasteiger partial charge in [-0.25, -0.2) is 9.63 Å². The van der Waals surface area contributed by atoms with Crippen molar-refractivity contribution >= 4 is 25.5 Å². The predicted octanol–water partition coefficient (Wildman–Crippen LogP) is 4.38. The Morgan fingerprint density at radius 2 is 1.61 bits per heavy atom. The number of nitrogens with zero attached hydrogens (tertiary/aromatic N) is 2. The number of aryl methyl sites for hydroxylation is 1. The van der Waals surface area contributed by atoms with Crippen LogP contribution in [0.4, 0.5) is 4.79 Å². The van der Waals surface area contributed by atoms with Crippen LogP contribution in [0.3, 0.4) is 0 Å². The van der Waals surface area contributed by atoms with Crippen molar-refractivity contribution in [3.05, 3.63) is 71.5 Å². The number of carbonyl (C=O) groups excluding carboxylic acids is 3. The average Bonchev–Trinajstić information content (AvgIpc) is 3.48. The molecule has 0 bridgehead atoms. The quantitative estimate of drug-likeness (QED) is 0.122. The van der Waals surface area contributed by atoms with Crippen LogP contribution in [0.15, 0.2) is 54.7 Å². The molecule has 1 aliphatic heterocycles. The molecule has 0 radical (unpaired) electrons. The van der Waals surface area contributed by atoms with E-state index in [9.17, 15) is 18.9 Å². The van der Waals surface area contributed by atoms with Gasteiger partial charge in [0.15, 0.2) is 7.05 Å². The lowest BCUT2D eigenvalue weighted by molar-refractivity contribution is -0.733. The summed E-state index contributed by atoms with van der Waals surface area (Å²) in [4.78, 5) is 43.2. The third kappa shape index (κ3) is 7.54. The van der Waals surface area contributed by atoms with Crippen LogP contribution in [0, 0.1) is 0 Å². The monoisotopic (exact) mass is 629 g/mol. The SMILES string of the molecule is COP(=O)(OC)C(COc1ccc(-c2c[nH][n+](C)c2CCCNC(=O)OC(C)(C)C)cc1)ON1C(=O)c2ccccc2C1=O. The molecule has 1 aliphatic rings. The maximum Gasteiger partial charge on any atom is 0.407 e. The summed E-state index contributed by atoms with van der Waals surface area (Å²) in [7, 11) is 0.319. The van der Waals surface area contributed by atoms with E-state index in [1.54, 1.807) is 24.3 Å². The third-order valence-corrected chi connectivity index (χ3v) is 8.75. The molecule has 0 aliphatic carbocycles. The Morgan fingerprint density at radius 3 is 2.18 bits per heavy atom. The van der Waals surface area contributed by atoms with E-state index in [4.69, 9.17) is 23.4 Å². The molecule has 1 unspecified atom stereocenters. The largest absolute Gasteiger partial charge is 0.490 e. The Morgan fingerprint density at radius 1 is 1.00 bits per heavy atom. The van der Waals surface area contributed by atoms with E-state index in [-0.39, 0.29) is 17.7 Å². The van der Waals surface area contributed by atoms with Gasteiger partial charge in [0.05, 0.1) is 22.9 Å². The molecule has 0 fully saturated rings. The number of amides is 3. The molecular formula is C30H38N4O9P+. The zero-order valence-electron chi connectivity index (χ0n) is 25.6. The first-order valence-electron chi connectivity index (χ1n) is 14.0. The van der Waals surface area contributed by atoms with E-state index in [2.05, 4.69) is 10.4 Å². The summed E-state index contributed by atoms with van der Waals surface area (Å²) in [5.41, 5.74) is 2.73. The van der Waals surface area contributed by atoms with Crippen molar-refractivity contribution in [1.82, 2.24) is 15.5 Å². The van der Waals surface area contributed by atoms with Crippen LogP contribution in [0.25, 0.3) is 11.1 Å². The molecule has 2 aromatic carbocycles. The van der Waals surface area contributed by atoms with Gasteiger partial charge in [-0.2, -0.15) is 5.10 Å². The van der Waals surface area contributed by atoms with Crippen LogP contribution in [0.2, 0.25) is 0 Å². The van der Waals surface area contributed by atoms with Gasteiger partial charge in [0.2, 0.25) is 11.5 Å². The second kappa shape index (κ2) is 13.7. The molecular weight excluding hydrogens is 591 g/mol. The van der Waals surface area contributed by atoms with Gasteiger partial charge in [-0.15, -0.1) is 9.75 Å². The average molecular weight is 630 g/mol. The fraction of sp³-hybridized carbons (Fsp3) is 0.400. The number of carbonyl (C=O) groups is 3. The van der Waals surface area contributed by atoms with E-state index in [0.29, 0.717) is 30.2 Å². The maximum atomic E-state index is 13.3. The van der Waals surface area contributed by atoms with E-state index in [1.807, 2.05) is 50.8 Å². The van der Waals surface area contributed by atoms with Crippen molar-refractivity contribution in [2.75, 3.05) is 27.4 Å². The van der Waals surface area contributed by atoms with Crippen molar-refractivity contribution in [2.24, 2.45) is 7.05 Å². The summed E-state index contributed by atoms with van der Waals surface area (Å²) < 4.78 is 36.6. The van der Waals surface area contributed by atoms with Crippen LogP contribution >= 0.6 is 7.60 Å². The van der Waals surface area contributed by atoms with Crippen LogP contribution in [0.5, 0.6) is 5.75 Å². The first-order valence-corrected chi connectivity index (χ1v) is 15.6. The van der Waals surface area contributed by atoms with Gasteiger partial charge in [-0.05, 0) is 57.0 Å². The number of aromatic amines is 1. The number of fused-ring (bicyclic) bond motifs is 1. The number of hydrogen-bond acceptors (Lipinski definition) is 9. The van der Waals surface area contributed by atoms with Crippen molar-refractivity contribution in [3.63, 3.8) is 0 Å². The molecule has 14 heteroatoms. The number of hydroxylamine groups is 2. The van der Waals surface area contributed by atoms with Gasteiger partial charge in [0.25, 0.3) is 11.8 Å². The number of aromatic nitrogens is 2. The molecule has 2 heterocycles. The van der Waals surface area contributed by atoms with Gasteiger partial charge in [0.1, 0.15) is 18.0 Å². The molecule has 4 rings (SSSR count). The number of benzene rings is 2. The van der Waals surface area contributed by atoms with Crippen LogP contribution < -0.4 is 14.7 Å². The van der Waals surface area contributed by atoms with Crippen molar-refractivity contribution in [1.29, 1.82) is 0 Å². The maximum absolute atomic E-state index is 13.3. The molecule has 236 valence electrons. The zero-order chi connectivity index (χ0) is 32.1. The summed E-state index contributed by atoms with van der Waals surface area (Å²) in [5, 5.41) is 6.52. The Kier molecular flexibility index (Phi) is 10.3. The van der Waals surface area contributed by atoms with Gasteiger partial charge in [-0.1, -0.05) is 24.3 Å². The first kappa shape index (κ1) is 32.9. The number of hydrogen-bond donors (Lipinski definition) is 2. The highest BCUT2D eigenvalue weighted by Gasteiger charge is 2.44. The minimum absolute atomic E-state index is 0.175. The highest BCUT2D eigenvalue weighted by molar-refractivity contribution is 7.54. The Hall–Kier alpha value is -4.03. The second-order valence-electron chi connectivity index (χ2n) is 11.0. The van der Waals surface area contributed by atoms with Gasteiger partial charge in [0, 0.05) is 27.2 Å². The highest BCUT2D eigenvalue weighted by Crippen LogP contribution is 2.52. The topological polar surface area (TPSA) is 149 Å². The summed E-state index contributed by atoms with van der Waals surface area (Å²) in [5.74, 6) is -2.37. The van der Waals surface area contributed by atoms with E-state index >= 15 is 0 Å². The molecule has 0 saturated heterocycles. The number of rotatable bonds is 13. The molecule has 1 atom stereocenters. The molecule has 44 heavy (non-hydrogen) atoms. The fourth-order valence-corrected chi connectivity index (χ4v) is 5.67. The summed E-state index contributed by atoms with van der Waals surface area (Å²) in [6.45, 7) is 5.56. The second-order valence-corrected chi connectivity index (χ2v) is 13.4. The Balaban J connectivity index is 1.40. The molecule has 3 aromatic rings. The predicted molar refractivity (Wildman–Crippen MR) is 159 cm³/mol. The molecule has 2 N–H and O–H groups in total. The number of alkyl carbamates (subject to hydrolysis) is 1. The fourth-order valence-electron chi connectivity index (χ4n) is 4.59. The van der Waals surface area contributed by atoms with Gasteiger partial charge in [-0.3, -0.25) is 14.2 Å². The summed E-state index contributed by atoms with van der Waals surface area (Å²) in [6.07, 6.45) is 2.85. The number of nitrogens with one attached hydrogen (secondary N) is 2. The molecule has 3 amide bonds. The third-order valence-electron chi connectivity index (χ3n) is 6.78. The van der Waals surface area contributed by atoms with Crippen molar-refractivity contribution < 1.29 is 47.0 Å². The molecule has 0 spiro atoms. The smallest absolute Gasteiger partial charge is 0.407 e. The number of imide groups is 1.